The highest BCUT2D eigenvalue weighted by atomic mass is 16.5. The van der Waals surface area contributed by atoms with E-state index in [4.69, 9.17) is 4.74 Å². The normalized spacial score (nSPS) is 34.6. The maximum atomic E-state index is 12.2. The lowest BCUT2D eigenvalue weighted by Crippen LogP contribution is -2.35. The molecule has 0 aromatic rings. The molecular formula is C12H22N2O2. The van der Waals surface area contributed by atoms with E-state index in [0.717, 1.165) is 32.5 Å². The zero-order valence-electron chi connectivity index (χ0n) is 10.2. The van der Waals surface area contributed by atoms with Crippen molar-refractivity contribution in [2.24, 2.45) is 11.8 Å². The third-order valence-corrected chi connectivity index (χ3v) is 3.64. The van der Waals surface area contributed by atoms with Crippen LogP contribution in [0, 0.1) is 11.8 Å². The van der Waals surface area contributed by atoms with Crippen molar-refractivity contribution in [3.8, 4) is 0 Å². The summed E-state index contributed by atoms with van der Waals surface area (Å²) in [5.74, 6) is 1.06. The number of carbonyl (C=O) groups is 1. The Morgan fingerprint density at radius 3 is 3.00 bits per heavy atom. The van der Waals surface area contributed by atoms with Gasteiger partial charge in [0, 0.05) is 13.1 Å². The van der Waals surface area contributed by atoms with Crippen molar-refractivity contribution in [3.63, 3.8) is 0 Å². The number of rotatable bonds is 3. The fourth-order valence-electron chi connectivity index (χ4n) is 2.74. The number of nitrogens with one attached hydrogen (secondary N) is 1. The van der Waals surface area contributed by atoms with Gasteiger partial charge in [-0.05, 0) is 39.3 Å². The van der Waals surface area contributed by atoms with Crippen molar-refractivity contribution in [1.29, 1.82) is 0 Å². The fourth-order valence-corrected chi connectivity index (χ4v) is 2.74. The van der Waals surface area contributed by atoms with Gasteiger partial charge in [-0.2, -0.15) is 0 Å². The first kappa shape index (κ1) is 11.9. The van der Waals surface area contributed by atoms with Gasteiger partial charge in [-0.3, -0.25) is 4.79 Å². The van der Waals surface area contributed by atoms with Gasteiger partial charge in [0.2, 0.25) is 5.91 Å². The average Bonchev–Trinajstić information content (AvgIpc) is 2.87. The van der Waals surface area contributed by atoms with Crippen LogP contribution in [0.4, 0.5) is 0 Å². The van der Waals surface area contributed by atoms with E-state index < -0.39 is 0 Å². The molecule has 4 heteroatoms. The van der Waals surface area contributed by atoms with Gasteiger partial charge in [-0.25, -0.2) is 0 Å². The van der Waals surface area contributed by atoms with Crippen molar-refractivity contribution < 1.29 is 9.53 Å². The van der Waals surface area contributed by atoms with E-state index in [0.29, 0.717) is 18.4 Å². The van der Waals surface area contributed by atoms with Gasteiger partial charge in [0.1, 0.15) is 0 Å². The minimum Gasteiger partial charge on any atom is -0.378 e. The molecule has 0 aliphatic carbocycles. The minimum atomic E-state index is 0.114. The summed E-state index contributed by atoms with van der Waals surface area (Å²) in [5.41, 5.74) is 0. The number of ether oxygens (including phenoxy) is 1. The molecule has 2 saturated heterocycles. The average molecular weight is 226 g/mol. The Balaban J connectivity index is 1.82. The highest BCUT2D eigenvalue weighted by molar-refractivity contribution is 5.79. The molecule has 2 rings (SSSR count). The van der Waals surface area contributed by atoms with Gasteiger partial charge in [0.25, 0.3) is 0 Å². The van der Waals surface area contributed by atoms with Crippen LogP contribution in [0.3, 0.4) is 0 Å². The molecule has 0 radical (unpaired) electrons. The SMILES string of the molecule is CNCC1CCN(C(=O)C2COC(C)C2)C1. The van der Waals surface area contributed by atoms with Gasteiger partial charge in [-0.1, -0.05) is 0 Å². The molecule has 0 aromatic carbocycles. The Hall–Kier alpha value is -0.610. The van der Waals surface area contributed by atoms with Gasteiger partial charge in [0.15, 0.2) is 0 Å². The van der Waals surface area contributed by atoms with E-state index in [2.05, 4.69) is 5.32 Å². The second-order valence-electron chi connectivity index (χ2n) is 5.07. The molecule has 2 aliphatic heterocycles. The van der Waals surface area contributed by atoms with E-state index >= 15 is 0 Å². The maximum Gasteiger partial charge on any atom is 0.228 e. The fraction of sp³-hybridized carbons (Fsp3) is 0.917. The number of hydrogen-bond acceptors (Lipinski definition) is 3. The molecule has 2 fully saturated rings. The standard InChI is InChI=1S/C12H22N2O2/c1-9-5-11(8-16-9)12(15)14-4-3-10(7-14)6-13-2/h9-11,13H,3-8H2,1-2H3. The molecule has 2 aliphatic rings. The van der Waals surface area contributed by atoms with E-state index in [1.165, 1.54) is 0 Å². The van der Waals surface area contributed by atoms with Gasteiger partial charge in [0.05, 0.1) is 18.6 Å². The third-order valence-electron chi connectivity index (χ3n) is 3.64. The number of nitrogens with zero attached hydrogens (tertiary/aromatic N) is 1. The summed E-state index contributed by atoms with van der Waals surface area (Å²) in [6.07, 6.45) is 2.28. The highest BCUT2D eigenvalue weighted by Crippen LogP contribution is 2.24. The van der Waals surface area contributed by atoms with Crippen LogP contribution in [0.5, 0.6) is 0 Å². The van der Waals surface area contributed by atoms with Crippen LogP contribution < -0.4 is 5.32 Å². The third kappa shape index (κ3) is 2.55. The van der Waals surface area contributed by atoms with Gasteiger partial charge in [-0.15, -0.1) is 0 Å². The second-order valence-corrected chi connectivity index (χ2v) is 5.07. The topological polar surface area (TPSA) is 41.6 Å². The van der Waals surface area contributed by atoms with Crippen LogP contribution in [0.2, 0.25) is 0 Å². The summed E-state index contributed by atoms with van der Waals surface area (Å²) >= 11 is 0. The van der Waals surface area contributed by atoms with Crippen molar-refractivity contribution in [3.05, 3.63) is 0 Å². The Morgan fingerprint density at radius 1 is 1.56 bits per heavy atom. The molecule has 2 heterocycles. The zero-order chi connectivity index (χ0) is 11.5. The van der Waals surface area contributed by atoms with Crippen LogP contribution in [-0.2, 0) is 9.53 Å². The lowest BCUT2D eigenvalue weighted by Gasteiger charge is -2.19. The molecule has 0 aromatic heterocycles. The van der Waals surface area contributed by atoms with Crippen LogP contribution in [0.1, 0.15) is 19.8 Å². The zero-order valence-corrected chi connectivity index (χ0v) is 10.2. The lowest BCUT2D eigenvalue weighted by molar-refractivity contribution is -0.134. The molecule has 0 bridgehead atoms. The number of carbonyl (C=O) groups excluding carboxylic acids is 1. The number of amides is 1. The molecule has 0 spiro atoms. The van der Waals surface area contributed by atoms with Crippen molar-refractivity contribution in [1.82, 2.24) is 10.2 Å². The molecule has 16 heavy (non-hydrogen) atoms. The maximum absolute atomic E-state index is 12.2. The minimum absolute atomic E-state index is 0.114. The van der Waals surface area contributed by atoms with E-state index in [9.17, 15) is 4.79 Å². The van der Waals surface area contributed by atoms with E-state index in [1.54, 1.807) is 0 Å². The number of hydrogen-bond donors (Lipinski definition) is 1. The molecule has 3 atom stereocenters. The predicted octanol–water partition coefficient (Wildman–Crippen LogP) is 0.479. The molecule has 0 saturated carbocycles. The van der Waals surface area contributed by atoms with Crippen molar-refractivity contribution >= 4 is 5.91 Å². The molecule has 1 N–H and O–H groups in total. The predicted molar refractivity (Wildman–Crippen MR) is 62.1 cm³/mol. The monoisotopic (exact) mass is 226 g/mol. The molecular weight excluding hydrogens is 204 g/mol. The van der Waals surface area contributed by atoms with Crippen molar-refractivity contribution in [2.75, 3.05) is 33.3 Å². The summed E-state index contributed by atoms with van der Waals surface area (Å²) in [4.78, 5) is 14.2. The highest BCUT2D eigenvalue weighted by Gasteiger charge is 2.34. The molecule has 1 amide bonds. The largest absolute Gasteiger partial charge is 0.378 e. The van der Waals surface area contributed by atoms with Crippen LogP contribution in [0.25, 0.3) is 0 Å². The van der Waals surface area contributed by atoms with E-state index in [-0.39, 0.29) is 12.0 Å². The summed E-state index contributed by atoms with van der Waals surface area (Å²) in [6.45, 7) is 5.52. The smallest absolute Gasteiger partial charge is 0.228 e. The quantitative estimate of drug-likeness (QED) is 0.761. The summed E-state index contributed by atoms with van der Waals surface area (Å²) in [7, 11) is 1.97. The van der Waals surface area contributed by atoms with Crippen molar-refractivity contribution in [2.45, 2.75) is 25.9 Å². The molecule has 92 valence electrons. The summed E-state index contributed by atoms with van der Waals surface area (Å²) < 4.78 is 5.46. The molecule has 4 nitrogen and oxygen atoms in total. The van der Waals surface area contributed by atoms with Gasteiger partial charge >= 0.3 is 0 Å². The van der Waals surface area contributed by atoms with Crippen LogP contribution in [-0.4, -0.2) is 50.2 Å². The van der Waals surface area contributed by atoms with Gasteiger partial charge < -0.3 is 15.0 Å². The summed E-state index contributed by atoms with van der Waals surface area (Å²) in [5, 5.41) is 3.18. The first-order chi connectivity index (χ1) is 7.70. The summed E-state index contributed by atoms with van der Waals surface area (Å²) in [6, 6.07) is 0. The van der Waals surface area contributed by atoms with Crippen LogP contribution in [0.15, 0.2) is 0 Å². The first-order valence-electron chi connectivity index (χ1n) is 6.25. The Kier molecular flexibility index (Phi) is 3.82. The Labute approximate surface area is 97.3 Å². The second kappa shape index (κ2) is 5.15. The Morgan fingerprint density at radius 2 is 2.38 bits per heavy atom. The first-order valence-corrected chi connectivity index (χ1v) is 6.25. The van der Waals surface area contributed by atoms with Crippen LogP contribution >= 0.6 is 0 Å². The molecule has 3 unspecified atom stereocenters. The van der Waals surface area contributed by atoms with E-state index in [1.807, 2.05) is 18.9 Å². The number of likely N-dealkylation sites (tertiary alicyclic amines) is 1. The Bertz CT molecular complexity index is 257. The lowest BCUT2D eigenvalue weighted by atomic mass is 10.0.